The number of nitrogens with zero attached hydrogens (tertiary/aromatic N) is 4. The van der Waals surface area contributed by atoms with Crippen molar-refractivity contribution in [1.29, 1.82) is 0 Å². The number of hydrogen-bond donors (Lipinski definition) is 1. The highest BCUT2D eigenvalue weighted by Crippen LogP contribution is 2.40. The van der Waals surface area contributed by atoms with Crippen molar-refractivity contribution in [3.8, 4) is 0 Å². The second kappa shape index (κ2) is 6.29. The Balaban J connectivity index is 1.35. The molecular formula is C18H25N5O2. The highest BCUT2D eigenvalue weighted by Gasteiger charge is 2.33. The summed E-state index contributed by atoms with van der Waals surface area (Å²) < 4.78 is 7.14. The zero-order valence-corrected chi connectivity index (χ0v) is 15.0. The van der Waals surface area contributed by atoms with Gasteiger partial charge in [-0.15, -0.1) is 0 Å². The van der Waals surface area contributed by atoms with Gasteiger partial charge in [-0.05, 0) is 25.7 Å². The lowest BCUT2D eigenvalue weighted by Crippen LogP contribution is -2.40. The van der Waals surface area contributed by atoms with Crippen LogP contribution in [0, 0.1) is 12.8 Å². The number of aromatic nitrogens is 3. The molecule has 0 spiro atoms. The third-order valence-corrected chi connectivity index (χ3v) is 5.25. The minimum atomic E-state index is -0.132. The Morgan fingerprint density at radius 2 is 2.20 bits per heavy atom. The molecule has 0 bridgehead atoms. The van der Waals surface area contributed by atoms with Crippen LogP contribution in [0.3, 0.4) is 0 Å². The van der Waals surface area contributed by atoms with E-state index in [1.807, 2.05) is 18.7 Å². The van der Waals surface area contributed by atoms with E-state index in [1.54, 1.807) is 6.07 Å². The van der Waals surface area contributed by atoms with Gasteiger partial charge in [0, 0.05) is 56.5 Å². The van der Waals surface area contributed by atoms with Crippen molar-refractivity contribution in [3.05, 3.63) is 35.0 Å². The summed E-state index contributed by atoms with van der Waals surface area (Å²) in [7, 11) is 1.94. The number of carbonyl (C=O) groups excluding carboxylic acids is 1. The molecule has 0 aromatic carbocycles. The summed E-state index contributed by atoms with van der Waals surface area (Å²) in [5.74, 6) is 1.58. The Morgan fingerprint density at radius 1 is 1.40 bits per heavy atom. The lowest BCUT2D eigenvalue weighted by molar-refractivity contribution is 0.0922. The third kappa shape index (κ3) is 3.46. The molecule has 3 heterocycles. The molecule has 25 heavy (non-hydrogen) atoms. The van der Waals surface area contributed by atoms with E-state index in [9.17, 15) is 4.79 Å². The molecule has 0 unspecified atom stereocenters. The Bertz CT molecular complexity index is 776. The van der Waals surface area contributed by atoms with Crippen LogP contribution in [0.15, 0.2) is 16.8 Å². The normalized spacial score (nSPS) is 24.0. The van der Waals surface area contributed by atoms with Crippen LogP contribution in [0.25, 0.3) is 0 Å². The number of rotatable bonds is 5. The average Bonchev–Trinajstić information content (AvgIpc) is 3.05. The Hall–Kier alpha value is -2.15. The second-order valence-electron chi connectivity index (χ2n) is 7.55. The van der Waals surface area contributed by atoms with Crippen LogP contribution in [0.1, 0.15) is 53.2 Å². The largest absolute Gasteiger partial charge is 0.360 e. The summed E-state index contributed by atoms with van der Waals surface area (Å²) in [6.45, 7) is 6.89. The van der Waals surface area contributed by atoms with Crippen LogP contribution in [-0.2, 0) is 13.6 Å². The molecule has 1 aliphatic carbocycles. The van der Waals surface area contributed by atoms with Crippen LogP contribution >= 0.6 is 0 Å². The number of likely N-dealkylation sites (tertiary alicyclic amines) is 1. The molecule has 2 atom stereocenters. The van der Waals surface area contributed by atoms with E-state index in [1.165, 1.54) is 5.56 Å². The van der Waals surface area contributed by atoms with Crippen molar-refractivity contribution in [3.63, 3.8) is 0 Å². The molecule has 7 heteroatoms. The van der Waals surface area contributed by atoms with Crippen molar-refractivity contribution >= 4 is 5.91 Å². The first kappa shape index (κ1) is 16.3. The molecule has 4 rings (SSSR count). The summed E-state index contributed by atoms with van der Waals surface area (Å²) in [5, 5.41) is 11.5. The van der Waals surface area contributed by atoms with Crippen molar-refractivity contribution in [2.24, 2.45) is 13.0 Å². The molecule has 1 N–H and O–H groups in total. The van der Waals surface area contributed by atoms with Gasteiger partial charge in [0.2, 0.25) is 0 Å². The number of hydrogen-bond acceptors (Lipinski definition) is 5. The van der Waals surface area contributed by atoms with Crippen molar-refractivity contribution in [2.75, 3.05) is 13.1 Å². The maximum Gasteiger partial charge on any atom is 0.273 e. The number of aryl methyl sites for hydroxylation is 2. The van der Waals surface area contributed by atoms with Crippen LogP contribution in [0.4, 0.5) is 0 Å². The fourth-order valence-corrected chi connectivity index (χ4v) is 3.63. The first-order valence-corrected chi connectivity index (χ1v) is 8.98. The van der Waals surface area contributed by atoms with Gasteiger partial charge in [0.15, 0.2) is 5.69 Å². The summed E-state index contributed by atoms with van der Waals surface area (Å²) in [6.07, 6.45) is 4.35. The van der Waals surface area contributed by atoms with E-state index in [0.29, 0.717) is 17.5 Å². The number of carbonyl (C=O) groups is 1. The summed E-state index contributed by atoms with van der Waals surface area (Å²) in [6, 6.07) is 1.93. The Morgan fingerprint density at radius 3 is 2.88 bits per heavy atom. The molecule has 2 aliphatic rings. The van der Waals surface area contributed by atoms with E-state index in [-0.39, 0.29) is 11.9 Å². The minimum absolute atomic E-state index is 0.130. The van der Waals surface area contributed by atoms with E-state index in [2.05, 4.69) is 33.6 Å². The van der Waals surface area contributed by atoms with Crippen LogP contribution in [0.2, 0.25) is 0 Å². The lowest BCUT2D eigenvalue weighted by Gasteiger charge is -2.16. The first-order chi connectivity index (χ1) is 12.0. The molecule has 1 amide bonds. The minimum Gasteiger partial charge on any atom is -0.360 e. The zero-order valence-electron chi connectivity index (χ0n) is 15.0. The Labute approximate surface area is 147 Å². The second-order valence-corrected chi connectivity index (χ2v) is 7.55. The fraction of sp³-hybridized carbons (Fsp3) is 0.611. The molecule has 2 fully saturated rings. The number of nitrogens with one attached hydrogen (secondary N) is 1. The fourth-order valence-electron chi connectivity index (χ4n) is 3.63. The predicted octanol–water partition coefficient (Wildman–Crippen LogP) is 1.84. The van der Waals surface area contributed by atoms with E-state index in [4.69, 9.17) is 4.52 Å². The standard InChI is InChI=1S/C18H25N5O2/c1-11-7-23(9-14-8-22(3)20-12(14)2)10-16(11)19-18(24)15-6-17(25-21-15)13-4-5-13/h6,8,11,13,16H,4-5,7,9-10H2,1-3H3,(H,19,24)/t11-,16-/m0/s1. The van der Waals surface area contributed by atoms with Gasteiger partial charge in [-0.1, -0.05) is 12.1 Å². The first-order valence-electron chi connectivity index (χ1n) is 8.98. The van der Waals surface area contributed by atoms with Gasteiger partial charge in [-0.2, -0.15) is 5.10 Å². The molecule has 2 aromatic heterocycles. The zero-order chi connectivity index (χ0) is 17.6. The Kier molecular flexibility index (Phi) is 4.11. The highest BCUT2D eigenvalue weighted by atomic mass is 16.5. The van der Waals surface area contributed by atoms with E-state index < -0.39 is 0 Å². The molecule has 0 radical (unpaired) electrons. The molecule has 1 aliphatic heterocycles. The molecule has 2 aromatic rings. The quantitative estimate of drug-likeness (QED) is 0.896. The van der Waals surface area contributed by atoms with Gasteiger partial charge in [0.05, 0.1) is 5.69 Å². The molecule has 7 nitrogen and oxygen atoms in total. The molecule has 134 valence electrons. The maximum absolute atomic E-state index is 12.5. The average molecular weight is 343 g/mol. The van der Waals surface area contributed by atoms with Crippen molar-refractivity contribution < 1.29 is 9.32 Å². The van der Waals surface area contributed by atoms with Gasteiger partial charge >= 0.3 is 0 Å². The van der Waals surface area contributed by atoms with Crippen LogP contribution in [0.5, 0.6) is 0 Å². The lowest BCUT2D eigenvalue weighted by atomic mass is 10.1. The van der Waals surface area contributed by atoms with Crippen LogP contribution < -0.4 is 5.32 Å². The van der Waals surface area contributed by atoms with Crippen molar-refractivity contribution in [1.82, 2.24) is 25.2 Å². The van der Waals surface area contributed by atoms with Gasteiger partial charge < -0.3 is 9.84 Å². The van der Waals surface area contributed by atoms with Gasteiger partial charge in [-0.3, -0.25) is 14.4 Å². The molecule has 1 saturated carbocycles. The summed E-state index contributed by atoms with van der Waals surface area (Å²) >= 11 is 0. The monoisotopic (exact) mass is 343 g/mol. The SMILES string of the molecule is Cc1nn(C)cc1CN1C[C@H](NC(=O)c2cc(C3CC3)on2)[C@@H](C)C1. The third-order valence-electron chi connectivity index (χ3n) is 5.25. The molecule has 1 saturated heterocycles. The van der Waals surface area contributed by atoms with Gasteiger partial charge in [-0.25, -0.2) is 0 Å². The van der Waals surface area contributed by atoms with Gasteiger partial charge in [0.1, 0.15) is 5.76 Å². The van der Waals surface area contributed by atoms with E-state index in [0.717, 1.165) is 43.9 Å². The van der Waals surface area contributed by atoms with Gasteiger partial charge in [0.25, 0.3) is 5.91 Å². The topological polar surface area (TPSA) is 76.2 Å². The van der Waals surface area contributed by atoms with E-state index >= 15 is 0 Å². The predicted molar refractivity (Wildman–Crippen MR) is 92.1 cm³/mol. The summed E-state index contributed by atoms with van der Waals surface area (Å²) in [4.78, 5) is 14.8. The van der Waals surface area contributed by atoms with Crippen molar-refractivity contribution in [2.45, 2.75) is 45.2 Å². The summed E-state index contributed by atoms with van der Waals surface area (Å²) in [5.41, 5.74) is 2.71. The van der Waals surface area contributed by atoms with Crippen LogP contribution in [-0.4, -0.2) is 44.9 Å². The number of amides is 1. The molecular weight excluding hydrogens is 318 g/mol. The highest BCUT2D eigenvalue weighted by molar-refractivity contribution is 5.92. The maximum atomic E-state index is 12.5. The smallest absolute Gasteiger partial charge is 0.273 e.